The van der Waals surface area contributed by atoms with Gasteiger partial charge in [-0.15, -0.1) is 0 Å². The summed E-state index contributed by atoms with van der Waals surface area (Å²) in [4.78, 5) is 11.7. The highest BCUT2D eigenvalue weighted by Crippen LogP contribution is 2.23. The fourth-order valence-corrected chi connectivity index (χ4v) is 3.04. The Morgan fingerprint density at radius 2 is 1.72 bits per heavy atom. The van der Waals surface area contributed by atoms with Gasteiger partial charge in [-0.1, -0.05) is 12.8 Å². The van der Waals surface area contributed by atoms with E-state index in [0.29, 0.717) is 18.5 Å². The van der Waals surface area contributed by atoms with Gasteiger partial charge in [-0.2, -0.15) is 0 Å². The number of nitrogens with one attached hydrogen (secondary N) is 2. The molecule has 0 unspecified atom stereocenters. The molecule has 3 N–H and O–H groups in total. The first kappa shape index (κ1) is 13.8. The molecule has 0 aromatic heterocycles. The van der Waals surface area contributed by atoms with Crippen molar-refractivity contribution < 1.29 is 9.90 Å². The number of hydrogen-bond donors (Lipinski definition) is 3. The standard InChI is InChI=1S/C14H26N2O2/c17-13-7-5-11(6-8-13)9-16-14(18)10-15-12-3-1-2-4-12/h11-13,15,17H,1-10H2,(H,16,18). The molecule has 2 saturated carbocycles. The summed E-state index contributed by atoms with van der Waals surface area (Å²) in [6.07, 6.45) is 8.77. The number of aliphatic hydroxyl groups is 1. The smallest absolute Gasteiger partial charge is 0.233 e. The number of amides is 1. The molecule has 4 heteroatoms. The number of hydrogen-bond acceptors (Lipinski definition) is 3. The lowest BCUT2D eigenvalue weighted by Gasteiger charge is -2.25. The average molecular weight is 254 g/mol. The summed E-state index contributed by atoms with van der Waals surface area (Å²) in [5, 5.41) is 15.7. The minimum Gasteiger partial charge on any atom is -0.393 e. The van der Waals surface area contributed by atoms with Crippen LogP contribution in [-0.2, 0) is 4.79 Å². The maximum absolute atomic E-state index is 11.7. The third-order valence-electron chi connectivity index (χ3n) is 4.31. The molecule has 0 radical (unpaired) electrons. The molecule has 4 nitrogen and oxygen atoms in total. The van der Waals surface area contributed by atoms with Crippen LogP contribution in [0, 0.1) is 5.92 Å². The molecule has 0 bridgehead atoms. The van der Waals surface area contributed by atoms with E-state index in [1.54, 1.807) is 0 Å². The lowest BCUT2D eigenvalue weighted by molar-refractivity contribution is -0.120. The van der Waals surface area contributed by atoms with E-state index in [1.165, 1.54) is 25.7 Å². The van der Waals surface area contributed by atoms with Gasteiger partial charge in [0.05, 0.1) is 12.6 Å². The maximum atomic E-state index is 11.7. The van der Waals surface area contributed by atoms with Crippen molar-refractivity contribution in [3.63, 3.8) is 0 Å². The van der Waals surface area contributed by atoms with E-state index in [9.17, 15) is 9.90 Å². The van der Waals surface area contributed by atoms with Crippen LogP contribution in [0.1, 0.15) is 51.4 Å². The van der Waals surface area contributed by atoms with Gasteiger partial charge in [0.25, 0.3) is 0 Å². The summed E-state index contributed by atoms with van der Waals surface area (Å²) in [5.74, 6) is 0.678. The summed E-state index contributed by atoms with van der Waals surface area (Å²) in [6.45, 7) is 1.23. The Kier molecular flexibility index (Phi) is 5.45. The molecule has 18 heavy (non-hydrogen) atoms. The quantitative estimate of drug-likeness (QED) is 0.690. The zero-order chi connectivity index (χ0) is 12.8. The van der Waals surface area contributed by atoms with Crippen LogP contribution in [0.15, 0.2) is 0 Å². The van der Waals surface area contributed by atoms with Crippen molar-refractivity contribution in [2.45, 2.75) is 63.5 Å². The van der Waals surface area contributed by atoms with Gasteiger partial charge < -0.3 is 15.7 Å². The van der Waals surface area contributed by atoms with Crippen LogP contribution >= 0.6 is 0 Å². The molecule has 2 aliphatic rings. The van der Waals surface area contributed by atoms with Crippen molar-refractivity contribution >= 4 is 5.91 Å². The van der Waals surface area contributed by atoms with E-state index in [0.717, 1.165) is 32.2 Å². The lowest BCUT2D eigenvalue weighted by Crippen LogP contribution is -2.40. The zero-order valence-corrected chi connectivity index (χ0v) is 11.2. The first-order chi connectivity index (χ1) is 8.74. The molecule has 0 aromatic rings. The Bertz CT molecular complexity index is 257. The van der Waals surface area contributed by atoms with Crippen molar-refractivity contribution in [2.24, 2.45) is 5.92 Å². The fraction of sp³-hybridized carbons (Fsp3) is 0.929. The van der Waals surface area contributed by atoms with Crippen molar-refractivity contribution in [3.8, 4) is 0 Å². The predicted molar refractivity (Wildman–Crippen MR) is 71.2 cm³/mol. The van der Waals surface area contributed by atoms with Gasteiger partial charge in [0.15, 0.2) is 0 Å². The first-order valence-electron chi connectivity index (χ1n) is 7.42. The molecular formula is C14H26N2O2. The molecule has 1 amide bonds. The zero-order valence-electron chi connectivity index (χ0n) is 11.2. The van der Waals surface area contributed by atoms with Crippen molar-refractivity contribution in [1.29, 1.82) is 0 Å². The lowest BCUT2D eigenvalue weighted by atomic mass is 9.87. The van der Waals surface area contributed by atoms with E-state index < -0.39 is 0 Å². The van der Waals surface area contributed by atoms with Crippen LogP contribution in [-0.4, -0.2) is 36.2 Å². The number of carbonyl (C=O) groups excluding carboxylic acids is 1. The second kappa shape index (κ2) is 7.10. The van der Waals surface area contributed by atoms with Gasteiger partial charge in [0, 0.05) is 12.6 Å². The van der Waals surface area contributed by atoms with Crippen LogP contribution in [0.5, 0.6) is 0 Å². The van der Waals surface area contributed by atoms with Crippen LogP contribution in [0.2, 0.25) is 0 Å². The van der Waals surface area contributed by atoms with E-state index in [1.807, 2.05) is 0 Å². The third-order valence-corrected chi connectivity index (χ3v) is 4.31. The minimum absolute atomic E-state index is 0.110. The van der Waals surface area contributed by atoms with Gasteiger partial charge in [-0.3, -0.25) is 4.79 Å². The Hall–Kier alpha value is -0.610. The van der Waals surface area contributed by atoms with Gasteiger partial charge in [0.2, 0.25) is 5.91 Å². The molecule has 0 atom stereocenters. The largest absolute Gasteiger partial charge is 0.393 e. The molecule has 0 spiro atoms. The maximum Gasteiger partial charge on any atom is 0.233 e. The van der Waals surface area contributed by atoms with Crippen molar-refractivity contribution in [2.75, 3.05) is 13.1 Å². The molecule has 2 rings (SSSR count). The molecular weight excluding hydrogens is 228 g/mol. The molecule has 104 valence electrons. The molecule has 2 fully saturated rings. The average Bonchev–Trinajstić information content (AvgIpc) is 2.89. The summed E-state index contributed by atoms with van der Waals surface area (Å²) >= 11 is 0. The summed E-state index contributed by atoms with van der Waals surface area (Å²) < 4.78 is 0. The van der Waals surface area contributed by atoms with E-state index in [-0.39, 0.29) is 12.0 Å². The third kappa shape index (κ3) is 4.58. The highest BCUT2D eigenvalue weighted by atomic mass is 16.3. The monoisotopic (exact) mass is 254 g/mol. The van der Waals surface area contributed by atoms with Crippen molar-refractivity contribution in [3.05, 3.63) is 0 Å². The van der Waals surface area contributed by atoms with Gasteiger partial charge in [-0.05, 0) is 44.4 Å². The summed E-state index contributed by atoms with van der Waals surface area (Å²) in [7, 11) is 0. The summed E-state index contributed by atoms with van der Waals surface area (Å²) in [6, 6.07) is 0.556. The highest BCUT2D eigenvalue weighted by Gasteiger charge is 2.20. The van der Waals surface area contributed by atoms with Crippen LogP contribution in [0.3, 0.4) is 0 Å². The van der Waals surface area contributed by atoms with Crippen LogP contribution < -0.4 is 10.6 Å². The molecule has 0 aliphatic heterocycles. The van der Waals surface area contributed by atoms with Gasteiger partial charge >= 0.3 is 0 Å². The highest BCUT2D eigenvalue weighted by molar-refractivity contribution is 5.78. The number of rotatable bonds is 5. The van der Waals surface area contributed by atoms with E-state index in [4.69, 9.17) is 0 Å². The van der Waals surface area contributed by atoms with Crippen LogP contribution in [0.25, 0.3) is 0 Å². The SMILES string of the molecule is O=C(CNC1CCCC1)NCC1CCC(O)CC1. The minimum atomic E-state index is -0.110. The van der Waals surface area contributed by atoms with Gasteiger partial charge in [-0.25, -0.2) is 0 Å². The topological polar surface area (TPSA) is 61.4 Å². The fourth-order valence-electron chi connectivity index (χ4n) is 3.04. The Morgan fingerprint density at radius 1 is 1.06 bits per heavy atom. The first-order valence-corrected chi connectivity index (χ1v) is 7.42. The van der Waals surface area contributed by atoms with E-state index in [2.05, 4.69) is 10.6 Å². The Morgan fingerprint density at radius 3 is 2.39 bits per heavy atom. The van der Waals surface area contributed by atoms with E-state index >= 15 is 0 Å². The van der Waals surface area contributed by atoms with Crippen LogP contribution in [0.4, 0.5) is 0 Å². The molecule has 0 heterocycles. The molecule has 0 aromatic carbocycles. The number of carbonyl (C=O) groups is 1. The number of aliphatic hydroxyl groups excluding tert-OH is 1. The molecule has 0 saturated heterocycles. The molecule has 2 aliphatic carbocycles. The second-order valence-electron chi connectivity index (χ2n) is 5.84. The second-order valence-corrected chi connectivity index (χ2v) is 5.84. The Labute approximate surface area is 110 Å². The Balaban J connectivity index is 1.54. The van der Waals surface area contributed by atoms with Gasteiger partial charge in [0.1, 0.15) is 0 Å². The normalized spacial score (nSPS) is 29.4. The predicted octanol–water partition coefficient (Wildman–Crippen LogP) is 1.19. The van der Waals surface area contributed by atoms with Crippen molar-refractivity contribution in [1.82, 2.24) is 10.6 Å². The summed E-state index contributed by atoms with van der Waals surface area (Å²) in [5.41, 5.74) is 0.